The van der Waals surface area contributed by atoms with Gasteiger partial charge in [0.25, 0.3) is 5.91 Å². The summed E-state index contributed by atoms with van der Waals surface area (Å²) in [5.74, 6) is -0.187. The van der Waals surface area contributed by atoms with Crippen molar-refractivity contribution in [2.24, 2.45) is 0 Å². The average Bonchev–Trinajstić information content (AvgIpc) is 2.27. The van der Waals surface area contributed by atoms with Crippen LogP contribution in [0.3, 0.4) is 0 Å². The van der Waals surface area contributed by atoms with Crippen molar-refractivity contribution >= 4 is 33.4 Å². The maximum Gasteiger partial charge on any atom is 0.251 e. The van der Waals surface area contributed by atoms with Gasteiger partial charge in [-0.25, -0.2) is 0 Å². The van der Waals surface area contributed by atoms with Crippen molar-refractivity contribution in [2.45, 2.75) is 24.8 Å². The highest BCUT2D eigenvalue weighted by Gasteiger charge is 2.37. The number of nitrogens with one attached hydrogen (secondary N) is 1. The number of hydrogen-bond donors (Lipinski definition) is 2. The second-order valence-corrected chi connectivity index (χ2v) is 5.64. The van der Waals surface area contributed by atoms with Crippen LogP contribution in [0, 0.1) is 0 Å². The van der Waals surface area contributed by atoms with Crippen LogP contribution >= 0.6 is 27.5 Å². The van der Waals surface area contributed by atoms with E-state index >= 15 is 0 Å². The molecule has 2 rings (SSSR count). The van der Waals surface area contributed by atoms with Crippen LogP contribution in [0.1, 0.15) is 29.6 Å². The maximum absolute atomic E-state index is 12.0. The van der Waals surface area contributed by atoms with Gasteiger partial charge in [0.05, 0.1) is 17.2 Å². The van der Waals surface area contributed by atoms with Gasteiger partial charge in [-0.3, -0.25) is 4.79 Å². The molecule has 0 radical (unpaired) electrons. The molecule has 0 unspecified atom stereocenters. The molecule has 0 bridgehead atoms. The number of rotatable bonds is 3. The van der Waals surface area contributed by atoms with E-state index in [9.17, 15) is 9.90 Å². The molecule has 2 N–H and O–H groups in total. The first kappa shape index (κ1) is 12.9. The third-order valence-electron chi connectivity index (χ3n) is 3.17. The van der Waals surface area contributed by atoms with E-state index in [2.05, 4.69) is 21.2 Å². The Balaban J connectivity index is 2.11. The number of benzene rings is 1. The van der Waals surface area contributed by atoms with Gasteiger partial charge in [0, 0.05) is 10.0 Å². The highest BCUT2D eigenvalue weighted by atomic mass is 79.9. The van der Waals surface area contributed by atoms with E-state index in [0.717, 1.165) is 23.7 Å². The van der Waals surface area contributed by atoms with Gasteiger partial charge in [0.15, 0.2) is 0 Å². The summed E-state index contributed by atoms with van der Waals surface area (Å²) in [6.45, 7) is -0.0109. The van der Waals surface area contributed by atoms with Crippen LogP contribution in [0.15, 0.2) is 22.7 Å². The lowest BCUT2D eigenvalue weighted by Gasteiger charge is -2.40. The normalized spacial score (nSPS) is 17.4. The lowest BCUT2D eigenvalue weighted by Crippen LogP contribution is -2.56. The van der Waals surface area contributed by atoms with E-state index in [4.69, 9.17) is 11.6 Å². The third kappa shape index (κ3) is 2.64. The van der Waals surface area contributed by atoms with Gasteiger partial charge in [-0.1, -0.05) is 11.6 Å². The molecule has 0 atom stereocenters. The van der Waals surface area contributed by atoms with E-state index in [1.165, 1.54) is 0 Å². The summed E-state index contributed by atoms with van der Waals surface area (Å²) in [5, 5.41) is 12.7. The van der Waals surface area contributed by atoms with E-state index in [1.807, 2.05) is 0 Å². The monoisotopic (exact) mass is 317 g/mol. The van der Waals surface area contributed by atoms with Crippen LogP contribution in [-0.4, -0.2) is 23.2 Å². The van der Waals surface area contributed by atoms with Crippen LogP contribution in [0.2, 0.25) is 5.02 Å². The Labute approximate surface area is 113 Å². The summed E-state index contributed by atoms with van der Waals surface area (Å²) in [7, 11) is 0. The van der Waals surface area contributed by atoms with Gasteiger partial charge in [-0.15, -0.1) is 0 Å². The molecule has 1 aromatic rings. The Kier molecular flexibility index (Phi) is 3.76. The predicted octanol–water partition coefficient (Wildman–Crippen LogP) is 2.75. The summed E-state index contributed by atoms with van der Waals surface area (Å²) in [6, 6.07) is 5.06. The molecule has 1 aliphatic rings. The van der Waals surface area contributed by atoms with Crippen molar-refractivity contribution in [3.05, 3.63) is 33.3 Å². The molecule has 0 saturated heterocycles. The van der Waals surface area contributed by atoms with Gasteiger partial charge >= 0.3 is 0 Å². The van der Waals surface area contributed by atoms with Gasteiger partial charge in [-0.05, 0) is 53.4 Å². The second-order valence-electron chi connectivity index (χ2n) is 4.38. The summed E-state index contributed by atoms with van der Waals surface area (Å²) in [6.07, 6.45) is 2.71. The fourth-order valence-corrected chi connectivity index (χ4v) is 2.30. The van der Waals surface area contributed by atoms with Crippen molar-refractivity contribution in [3.8, 4) is 0 Å². The number of halogens is 2. The van der Waals surface area contributed by atoms with Crippen molar-refractivity contribution < 1.29 is 9.90 Å². The van der Waals surface area contributed by atoms with Gasteiger partial charge in [0.1, 0.15) is 0 Å². The summed E-state index contributed by atoms with van der Waals surface area (Å²) >= 11 is 9.21. The Bertz CT molecular complexity index is 441. The minimum atomic E-state index is -0.420. The highest BCUT2D eigenvalue weighted by Crippen LogP contribution is 2.31. The number of amides is 1. The van der Waals surface area contributed by atoms with Crippen molar-refractivity contribution in [3.63, 3.8) is 0 Å². The average molecular weight is 319 g/mol. The molecule has 0 heterocycles. The molecule has 1 amide bonds. The zero-order valence-corrected chi connectivity index (χ0v) is 11.5. The van der Waals surface area contributed by atoms with Crippen molar-refractivity contribution in [1.82, 2.24) is 5.32 Å². The van der Waals surface area contributed by atoms with E-state index in [0.29, 0.717) is 10.6 Å². The van der Waals surface area contributed by atoms with Gasteiger partial charge in [-0.2, -0.15) is 0 Å². The Morgan fingerprint density at radius 2 is 2.24 bits per heavy atom. The Morgan fingerprint density at radius 3 is 2.71 bits per heavy atom. The number of carbonyl (C=O) groups is 1. The fraction of sp³-hybridized carbons (Fsp3) is 0.417. The highest BCUT2D eigenvalue weighted by molar-refractivity contribution is 9.10. The zero-order chi connectivity index (χ0) is 12.5. The second kappa shape index (κ2) is 4.96. The summed E-state index contributed by atoms with van der Waals surface area (Å²) in [5.41, 5.74) is 0.0920. The molecule has 1 aliphatic carbocycles. The van der Waals surface area contributed by atoms with E-state index < -0.39 is 5.54 Å². The van der Waals surface area contributed by atoms with E-state index in [-0.39, 0.29) is 12.5 Å². The molecule has 1 fully saturated rings. The van der Waals surface area contributed by atoms with Crippen molar-refractivity contribution in [1.29, 1.82) is 0 Å². The lowest BCUT2D eigenvalue weighted by molar-refractivity contribution is 0.0641. The zero-order valence-electron chi connectivity index (χ0n) is 9.17. The first-order chi connectivity index (χ1) is 8.06. The molecule has 17 heavy (non-hydrogen) atoms. The van der Waals surface area contributed by atoms with E-state index in [1.54, 1.807) is 18.2 Å². The fourth-order valence-electron chi connectivity index (χ4n) is 1.88. The summed E-state index contributed by atoms with van der Waals surface area (Å²) < 4.78 is 0.760. The first-order valence-electron chi connectivity index (χ1n) is 5.45. The Hall–Kier alpha value is -0.580. The number of aliphatic hydroxyl groups is 1. The molecule has 92 valence electrons. The van der Waals surface area contributed by atoms with Crippen LogP contribution < -0.4 is 5.32 Å². The molecule has 0 spiro atoms. The van der Waals surface area contributed by atoms with Gasteiger partial charge in [0.2, 0.25) is 0 Å². The molecule has 5 heteroatoms. The molecule has 1 aromatic carbocycles. The number of aliphatic hydroxyl groups excluding tert-OH is 1. The Morgan fingerprint density at radius 1 is 1.53 bits per heavy atom. The molecular formula is C12H13BrClNO2. The quantitative estimate of drug-likeness (QED) is 0.900. The maximum atomic E-state index is 12.0. The molecule has 3 nitrogen and oxygen atoms in total. The molecule has 0 aromatic heterocycles. The third-order valence-corrected chi connectivity index (χ3v) is 4.41. The van der Waals surface area contributed by atoms with Gasteiger partial charge < -0.3 is 10.4 Å². The summed E-state index contributed by atoms with van der Waals surface area (Å²) in [4.78, 5) is 12.0. The standard InChI is InChI=1S/C12H13BrClNO2/c13-9-3-2-8(6-10(9)14)11(17)15-12(7-16)4-1-5-12/h2-3,6,16H,1,4-5,7H2,(H,15,17). The van der Waals surface area contributed by atoms with Crippen LogP contribution in [-0.2, 0) is 0 Å². The first-order valence-corrected chi connectivity index (χ1v) is 6.62. The largest absolute Gasteiger partial charge is 0.394 e. The molecular weight excluding hydrogens is 305 g/mol. The van der Waals surface area contributed by atoms with Crippen LogP contribution in [0.5, 0.6) is 0 Å². The molecule has 0 aliphatic heterocycles. The number of hydrogen-bond acceptors (Lipinski definition) is 2. The lowest BCUT2D eigenvalue weighted by atomic mass is 9.77. The minimum absolute atomic E-state index is 0.0109. The van der Waals surface area contributed by atoms with Crippen LogP contribution in [0.4, 0.5) is 0 Å². The SMILES string of the molecule is O=C(NC1(CO)CCC1)c1ccc(Br)c(Cl)c1. The topological polar surface area (TPSA) is 49.3 Å². The van der Waals surface area contributed by atoms with Crippen LogP contribution in [0.25, 0.3) is 0 Å². The minimum Gasteiger partial charge on any atom is -0.394 e. The molecule has 1 saturated carbocycles. The number of carbonyl (C=O) groups excluding carboxylic acids is 1. The smallest absolute Gasteiger partial charge is 0.251 e. The van der Waals surface area contributed by atoms with Crippen molar-refractivity contribution in [2.75, 3.05) is 6.61 Å². The predicted molar refractivity (Wildman–Crippen MR) is 70.3 cm³/mol.